The Balaban J connectivity index is 1.68. The van der Waals surface area contributed by atoms with Crippen LogP contribution in [0.4, 0.5) is 11.4 Å². The second kappa shape index (κ2) is 9.13. The molecule has 0 saturated carbocycles. The van der Waals surface area contributed by atoms with Crippen LogP contribution in [0.5, 0.6) is 0 Å². The number of fused-ring (bicyclic) bond motifs is 1. The van der Waals surface area contributed by atoms with E-state index in [1.807, 2.05) is 38.1 Å². The van der Waals surface area contributed by atoms with Gasteiger partial charge in [0.2, 0.25) is 5.91 Å². The first kappa shape index (κ1) is 20.9. The molecule has 0 aliphatic carbocycles. The van der Waals surface area contributed by atoms with E-state index in [-0.39, 0.29) is 17.4 Å². The molecule has 3 rings (SSSR count). The van der Waals surface area contributed by atoms with E-state index in [1.165, 1.54) is 6.92 Å². The first-order valence-corrected chi connectivity index (χ1v) is 10.5. The summed E-state index contributed by atoms with van der Waals surface area (Å²) in [6.07, 6.45) is -0.542. The van der Waals surface area contributed by atoms with Crippen molar-refractivity contribution in [2.75, 3.05) is 16.4 Å². The molecule has 1 aliphatic rings. The summed E-state index contributed by atoms with van der Waals surface area (Å²) in [5.41, 5.74) is 2.60. The lowest BCUT2D eigenvalue weighted by Crippen LogP contribution is -2.30. The number of esters is 1. The number of para-hydroxylation sites is 1. The van der Waals surface area contributed by atoms with Gasteiger partial charge < -0.3 is 15.4 Å². The lowest BCUT2D eigenvalue weighted by molar-refractivity contribution is -0.123. The number of carbonyl (C=O) groups excluding carboxylic acids is 3. The number of hydrogen-bond donors (Lipinski definition) is 2. The molecular formula is C22H24N2O4S. The number of amides is 2. The van der Waals surface area contributed by atoms with Crippen LogP contribution in [-0.4, -0.2) is 29.6 Å². The fraction of sp³-hybridized carbons (Fsp3) is 0.318. The van der Waals surface area contributed by atoms with Gasteiger partial charge in [-0.2, -0.15) is 0 Å². The van der Waals surface area contributed by atoms with Gasteiger partial charge in [-0.05, 0) is 42.7 Å². The highest BCUT2D eigenvalue weighted by molar-refractivity contribution is 7.99. The summed E-state index contributed by atoms with van der Waals surface area (Å²) in [7, 11) is 0. The molecule has 0 aromatic heterocycles. The van der Waals surface area contributed by atoms with Crippen LogP contribution in [0.25, 0.3) is 0 Å². The number of carbonyl (C=O) groups is 3. The van der Waals surface area contributed by atoms with Crippen LogP contribution in [0.3, 0.4) is 0 Å². The van der Waals surface area contributed by atoms with Crippen molar-refractivity contribution in [3.63, 3.8) is 0 Å². The Morgan fingerprint density at radius 3 is 2.66 bits per heavy atom. The summed E-state index contributed by atoms with van der Waals surface area (Å²) in [4.78, 5) is 37.7. The quantitative estimate of drug-likeness (QED) is 0.710. The summed E-state index contributed by atoms with van der Waals surface area (Å²) >= 11 is 1.56. The van der Waals surface area contributed by atoms with Crippen LogP contribution in [0.15, 0.2) is 47.4 Å². The van der Waals surface area contributed by atoms with Gasteiger partial charge in [0.1, 0.15) is 0 Å². The van der Waals surface area contributed by atoms with Gasteiger partial charge in [-0.15, -0.1) is 11.8 Å². The summed E-state index contributed by atoms with van der Waals surface area (Å²) in [6, 6.07) is 12.6. The Bertz CT molecular complexity index is 942. The zero-order valence-electron chi connectivity index (χ0n) is 16.7. The van der Waals surface area contributed by atoms with E-state index in [2.05, 4.69) is 10.6 Å². The van der Waals surface area contributed by atoms with Gasteiger partial charge >= 0.3 is 5.97 Å². The first-order valence-electron chi connectivity index (χ1n) is 9.52. The smallest absolute Gasteiger partial charge is 0.338 e. The van der Waals surface area contributed by atoms with Gasteiger partial charge in [0.05, 0.1) is 11.3 Å². The molecule has 0 spiro atoms. The molecule has 0 bridgehead atoms. The van der Waals surface area contributed by atoms with Crippen molar-refractivity contribution in [2.45, 2.75) is 44.1 Å². The molecule has 1 atom stereocenters. The lowest BCUT2D eigenvalue weighted by Gasteiger charge is -2.17. The predicted molar refractivity (Wildman–Crippen MR) is 114 cm³/mol. The molecule has 0 fully saturated rings. The Labute approximate surface area is 174 Å². The molecule has 2 aromatic rings. The van der Waals surface area contributed by atoms with E-state index in [4.69, 9.17) is 4.74 Å². The number of thioether (sulfide) groups is 1. The monoisotopic (exact) mass is 412 g/mol. The van der Waals surface area contributed by atoms with Gasteiger partial charge in [-0.3, -0.25) is 9.59 Å². The maximum Gasteiger partial charge on any atom is 0.338 e. The van der Waals surface area contributed by atoms with Crippen LogP contribution in [0.1, 0.15) is 49.0 Å². The molecule has 1 heterocycles. The Morgan fingerprint density at radius 1 is 1.14 bits per heavy atom. The van der Waals surface area contributed by atoms with E-state index in [1.54, 1.807) is 30.0 Å². The fourth-order valence-corrected chi connectivity index (χ4v) is 3.91. The number of benzene rings is 2. The first-order chi connectivity index (χ1) is 13.8. The van der Waals surface area contributed by atoms with Crippen LogP contribution >= 0.6 is 11.8 Å². The van der Waals surface area contributed by atoms with Crippen molar-refractivity contribution in [3.05, 3.63) is 53.6 Å². The van der Waals surface area contributed by atoms with Crippen LogP contribution in [-0.2, 0) is 14.3 Å². The van der Waals surface area contributed by atoms with Crippen molar-refractivity contribution >= 4 is 40.9 Å². The molecule has 0 unspecified atom stereocenters. The largest absolute Gasteiger partial charge is 0.449 e. The fourth-order valence-electron chi connectivity index (χ4n) is 2.98. The number of rotatable bonds is 5. The molecule has 2 N–H and O–H groups in total. The van der Waals surface area contributed by atoms with Crippen molar-refractivity contribution in [2.24, 2.45) is 0 Å². The van der Waals surface area contributed by atoms with Crippen LogP contribution in [0.2, 0.25) is 0 Å². The zero-order chi connectivity index (χ0) is 21.0. The molecule has 0 radical (unpaired) electrons. The zero-order valence-corrected chi connectivity index (χ0v) is 17.5. The maximum atomic E-state index is 12.5. The minimum Gasteiger partial charge on any atom is -0.449 e. The molecule has 0 saturated heterocycles. The Morgan fingerprint density at radius 2 is 1.90 bits per heavy atom. The van der Waals surface area contributed by atoms with Gasteiger partial charge in [0.15, 0.2) is 6.10 Å². The standard InChI is InChI=1S/C22H24N2O4S/c1-13(2)16-6-4-5-7-17(16)24-21(26)14(3)28-22(27)15-8-9-19-18(12-15)23-20(25)10-11-29-19/h4-9,12-14H,10-11H2,1-3H3,(H,23,25)(H,24,26)/t14-/m1/s1. The molecule has 7 heteroatoms. The van der Waals surface area contributed by atoms with Crippen molar-refractivity contribution in [1.82, 2.24) is 0 Å². The molecule has 2 amide bonds. The van der Waals surface area contributed by atoms with Crippen molar-refractivity contribution < 1.29 is 19.1 Å². The lowest BCUT2D eigenvalue weighted by atomic mass is 10.0. The maximum absolute atomic E-state index is 12.5. The molecule has 1 aliphatic heterocycles. The topological polar surface area (TPSA) is 84.5 Å². The predicted octanol–water partition coefficient (Wildman–Crippen LogP) is 4.43. The summed E-state index contributed by atoms with van der Waals surface area (Å²) in [6.45, 7) is 5.62. The summed E-state index contributed by atoms with van der Waals surface area (Å²) in [5, 5.41) is 5.63. The molecular weight excluding hydrogens is 388 g/mol. The van der Waals surface area contributed by atoms with E-state index >= 15 is 0 Å². The number of ether oxygens (including phenoxy) is 1. The average molecular weight is 413 g/mol. The normalized spacial score (nSPS) is 14.4. The highest BCUT2D eigenvalue weighted by Gasteiger charge is 2.22. The van der Waals surface area contributed by atoms with E-state index < -0.39 is 18.0 Å². The highest BCUT2D eigenvalue weighted by atomic mass is 32.2. The Kier molecular flexibility index (Phi) is 6.59. The van der Waals surface area contributed by atoms with Gasteiger partial charge in [0.25, 0.3) is 5.91 Å². The average Bonchev–Trinajstić information content (AvgIpc) is 2.87. The van der Waals surface area contributed by atoms with Crippen molar-refractivity contribution in [3.8, 4) is 0 Å². The molecule has 2 aromatic carbocycles. The molecule has 29 heavy (non-hydrogen) atoms. The number of anilines is 2. The Hall–Kier alpha value is -2.80. The number of nitrogens with one attached hydrogen (secondary N) is 2. The minimum absolute atomic E-state index is 0.0849. The molecule has 152 valence electrons. The number of hydrogen-bond acceptors (Lipinski definition) is 5. The van der Waals surface area contributed by atoms with Gasteiger partial charge in [-0.1, -0.05) is 32.0 Å². The van der Waals surface area contributed by atoms with E-state index in [0.29, 0.717) is 23.5 Å². The van der Waals surface area contributed by atoms with Gasteiger partial charge in [-0.25, -0.2) is 4.79 Å². The SMILES string of the molecule is CC(C)c1ccccc1NC(=O)[C@@H](C)OC(=O)c1ccc2c(c1)NC(=O)CCS2. The van der Waals surface area contributed by atoms with Gasteiger partial charge in [0, 0.05) is 22.8 Å². The third-order valence-corrected chi connectivity index (χ3v) is 5.65. The second-order valence-corrected chi connectivity index (χ2v) is 8.27. The van der Waals surface area contributed by atoms with Crippen LogP contribution in [0, 0.1) is 0 Å². The summed E-state index contributed by atoms with van der Waals surface area (Å²) in [5.74, 6) is -0.158. The van der Waals surface area contributed by atoms with E-state index in [9.17, 15) is 14.4 Å². The van der Waals surface area contributed by atoms with E-state index in [0.717, 1.165) is 10.5 Å². The highest BCUT2D eigenvalue weighted by Crippen LogP contribution is 2.31. The second-order valence-electron chi connectivity index (χ2n) is 7.14. The summed E-state index contributed by atoms with van der Waals surface area (Å²) < 4.78 is 5.35. The third kappa shape index (κ3) is 5.17. The van der Waals surface area contributed by atoms with Crippen molar-refractivity contribution in [1.29, 1.82) is 0 Å². The van der Waals surface area contributed by atoms with Crippen LogP contribution < -0.4 is 10.6 Å². The minimum atomic E-state index is -0.967. The third-order valence-electron chi connectivity index (χ3n) is 4.57. The molecule has 6 nitrogen and oxygen atoms in total.